The summed E-state index contributed by atoms with van der Waals surface area (Å²) in [7, 11) is 0. The van der Waals surface area contributed by atoms with Crippen LogP contribution in [0, 0.1) is 0 Å². The monoisotopic (exact) mass is 209 g/mol. The van der Waals surface area contributed by atoms with Crippen LogP contribution in [0.3, 0.4) is 0 Å². The Balaban J connectivity index is 0.00000196. The second-order valence-electron chi connectivity index (χ2n) is 2.96. The summed E-state index contributed by atoms with van der Waals surface area (Å²) in [6.07, 6.45) is 2.18. The van der Waals surface area contributed by atoms with E-state index in [4.69, 9.17) is 5.11 Å². The molecule has 2 N–H and O–H groups in total. The van der Waals surface area contributed by atoms with Crippen LogP contribution in [0.2, 0.25) is 0 Å². The van der Waals surface area contributed by atoms with Crippen molar-refractivity contribution >= 4 is 12.5 Å². The summed E-state index contributed by atoms with van der Waals surface area (Å²) in [5.41, 5.74) is 1.12. The molecule has 1 aromatic carbocycles. The summed E-state index contributed by atoms with van der Waals surface area (Å²) in [6.45, 7) is 1.19. The van der Waals surface area contributed by atoms with Crippen molar-refractivity contribution in [2.45, 2.75) is 6.54 Å². The van der Waals surface area contributed by atoms with Gasteiger partial charge in [0.2, 0.25) is 12.5 Å². The molecular weight excluding hydrogens is 194 g/mol. The molecule has 0 aliphatic carbocycles. The third-order valence-electron chi connectivity index (χ3n) is 1.89. The fraction of sp³-hybridized carbons (Fsp3) is 0.273. The van der Waals surface area contributed by atoms with Gasteiger partial charge in [-0.2, -0.15) is 0 Å². The van der Waals surface area contributed by atoms with E-state index in [1.807, 2.05) is 30.3 Å². The summed E-state index contributed by atoms with van der Waals surface area (Å²) >= 11 is 0. The third-order valence-corrected chi connectivity index (χ3v) is 1.89. The van der Waals surface area contributed by atoms with Crippen LogP contribution in [0.15, 0.2) is 30.3 Å². The number of aldehydes is 1. The number of hydrogen-bond acceptors (Lipinski definition) is 3. The molecule has 0 aliphatic heterocycles. The molecule has 0 amide bonds. The lowest BCUT2D eigenvalue weighted by Crippen LogP contribution is -2.17. The Bertz CT molecular complexity index is 309. The Morgan fingerprint density at radius 1 is 1.27 bits per heavy atom. The molecule has 4 heteroatoms. The van der Waals surface area contributed by atoms with E-state index in [9.17, 15) is 4.79 Å². The minimum atomic E-state index is 0. The molecule has 0 unspecified atom stereocenters. The lowest BCUT2D eigenvalue weighted by Gasteiger charge is -2.00. The van der Waals surface area contributed by atoms with E-state index in [0.29, 0.717) is 13.1 Å². The van der Waals surface area contributed by atoms with Crippen molar-refractivity contribution in [1.29, 1.82) is 0 Å². The van der Waals surface area contributed by atoms with Crippen LogP contribution >= 0.6 is 0 Å². The van der Waals surface area contributed by atoms with Crippen LogP contribution in [0.1, 0.15) is 5.56 Å². The SMILES string of the molecule is O=CC=[N+](CCO)Cc1ccccc1.[OH-]. The lowest BCUT2D eigenvalue weighted by atomic mass is 10.2. The number of nitrogens with zero attached hydrogens (tertiary/aromatic N) is 1. The number of benzene rings is 1. The summed E-state index contributed by atoms with van der Waals surface area (Å²) in [5, 5.41) is 8.76. The minimum Gasteiger partial charge on any atom is -0.870 e. The summed E-state index contributed by atoms with van der Waals surface area (Å²) in [5.74, 6) is 0. The van der Waals surface area contributed by atoms with Crippen LogP contribution < -0.4 is 0 Å². The van der Waals surface area contributed by atoms with Crippen molar-refractivity contribution in [3.63, 3.8) is 0 Å². The molecule has 0 aliphatic rings. The van der Waals surface area contributed by atoms with Crippen LogP contribution in [0.4, 0.5) is 0 Å². The number of aliphatic hydroxyl groups excluding tert-OH is 1. The zero-order chi connectivity index (χ0) is 10.2. The second-order valence-corrected chi connectivity index (χ2v) is 2.96. The predicted octanol–water partition coefficient (Wildman–Crippen LogP) is 0.284. The molecule has 0 aromatic heterocycles. The maximum absolute atomic E-state index is 10.3. The van der Waals surface area contributed by atoms with E-state index < -0.39 is 0 Å². The van der Waals surface area contributed by atoms with Gasteiger partial charge in [0.25, 0.3) is 0 Å². The normalized spacial score (nSPS) is 10.6. The molecule has 0 saturated heterocycles. The fourth-order valence-corrected chi connectivity index (χ4v) is 1.24. The molecule has 0 saturated carbocycles. The van der Waals surface area contributed by atoms with Crippen molar-refractivity contribution in [2.24, 2.45) is 0 Å². The maximum Gasteiger partial charge on any atom is 0.205 e. The highest BCUT2D eigenvalue weighted by Gasteiger charge is 2.03. The summed E-state index contributed by atoms with van der Waals surface area (Å²) < 4.78 is 1.78. The van der Waals surface area contributed by atoms with Crippen molar-refractivity contribution < 1.29 is 20.0 Å². The molecule has 15 heavy (non-hydrogen) atoms. The van der Waals surface area contributed by atoms with Gasteiger partial charge in [-0.25, -0.2) is 4.58 Å². The van der Waals surface area contributed by atoms with Gasteiger partial charge in [-0.05, 0) is 0 Å². The molecule has 4 nitrogen and oxygen atoms in total. The van der Waals surface area contributed by atoms with Gasteiger partial charge in [-0.15, -0.1) is 0 Å². The van der Waals surface area contributed by atoms with Gasteiger partial charge in [-0.1, -0.05) is 30.3 Å². The van der Waals surface area contributed by atoms with Crippen molar-refractivity contribution in [3.8, 4) is 0 Å². The van der Waals surface area contributed by atoms with Gasteiger partial charge in [0.1, 0.15) is 6.61 Å². The Kier molecular flexibility index (Phi) is 7.05. The summed E-state index contributed by atoms with van der Waals surface area (Å²) in [4.78, 5) is 10.3. The fourth-order valence-electron chi connectivity index (χ4n) is 1.24. The van der Waals surface area contributed by atoms with Crippen LogP contribution in [-0.4, -0.2) is 40.8 Å². The average Bonchev–Trinajstić information content (AvgIpc) is 2.20. The maximum atomic E-state index is 10.3. The topological polar surface area (TPSA) is 70.3 Å². The number of rotatable bonds is 5. The zero-order valence-electron chi connectivity index (χ0n) is 8.41. The first-order valence-corrected chi connectivity index (χ1v) is 4.54. The molecule has 0 radical (unpaired) electrons. The van der Waals surface area contributed by atoms with Gasteiger partial charge < -0.3 is 10.6 Å². The van der Waals surface area contributed by atoms with Gasteiger partial charge in [0.15, 0.2) is 13.1 Å². The molecule has 0 spiro atoms. The Labute approximate surface area is 88.8 Å². The molecule has 0 heterocycles. The number of aliphatic hydroxyl groups is 1. The van der Waals surface area contributed by atoms with E-state index >= 15 is 0 Å². The van der Waals surface area contributed by atoms with Crippen LogP contribution in [-0.2, 0) is 11.3 Å². The van der Waals surface area contributed by atoms with E-state index in [1.165, 1.54) is 6.21 Å². The molecular formula is C11H15NO3. The quantitative estimate of drug-likeness (QED) is 0.430. The smallest absolute Gasteiger partial charge is 0.205 e. The Hall–Kier alpha value is -1.52. The van der Waals surface area contributed by atoms with Crippen LogP contribution in [0.5, 0.6) is 0 Å². The predicted molar refractivity (Wildman–Crippen MR) is 56.4 cm³/mol. The molecule has 0 atom stereocenters. The second kappa shape index (κ2) is 7.84. The summed E-state index contributed by atoms with van der Waals surface area (Å²) in [6, 6.07) is 9.83. The van der Waals surface area contributed by atoms with E-state index in [0.717, 1.165) is 11.8 Å². The minimum absolute atomic E-state index is 0. The van der Waals surface area contributed by atoms with E-state index in [-0.39, 0.29) is 12.1 Å². The highest BCUT2D eigenvalue weighted by molar-refractivity contribution is 6.10. The van der Waals surface area contributed by atoms with Gasteiger partial charge in [0.05, 0.1) is 0 Å². The molecule has 82 valence electrons. The molecule has 1 aromatic rings. The van der Waals surface area contributed by atoms with Gasteiger partial charge in [-0.3, -0.25) is 4.79 Å². The average molecular weight is 209 g/mol. The Morgan fingerprint density at radius 3 is 2.47 bits per heavy atom. The third kappa shape index (κ3) is 5.05. The first-order chi connectivity index (χ1) is 6.86. The highest BCUT2D eigenvalue weighted by Crippen LogP contribution is 1.99. The first kappa shape index (κ1) is 13.5. The lowest BCUT2D eigenvalue weighted by molar-refractivity contribution is -0.540. The van der Waals surface area contributed by atoms with Crippen molar-refractivity contribution in [2.75, 3.05) is 13.2 Å². The van der Waals surface area contributed by atoms with Crippen molar-refractivity contribution in [3.05, 3.63) is 35.9 Å². The van der Waals surface area contributed by atoms with Crippen molar-refractivity contribution in [1.82, 2.24) is 0 Å². The van der Waals surface area contributed by atoms with E-state index in [1.54, 1.807) is 4.58 Å². The largest absolute Gasteiger partial charge is 0.870 e. The number of carbonyl (C=O) groups excluding carboxylic acids is 1. The molecule has 1 rings (SSSR count). The van der Waals surface area contributed by atoms with Gasteiger partial charge >= 0.3 is 0 Å². The first-order valence-electron chi connectivity index (χ1n) is 4.54. The highest BCUT2D eigenvalue weighted by atomic mass is 16.3. The molecule has 0 bridgehead atoms. The zero-order valence-corrected chi connectivity index (χ0v) is 8.41. The number of carbonyl (C=O) groups is 1. The number of hydrogen-bond donors (Lipinski definition) is 1. The van der Waals surface area contributed by atoms with Crippen LogP contribution in [0.25, 0.3) is 0 Å². The van der Waals surface area contributed by atoms with E-state index in [2.05, 4.69) is 0 Å². The Morgan fingerprint density at radius 2 is 1.93 bits per heavy atom. The van der Waals surface area contributed by atoms with Gasteiger partial charge in [0, 0.05) is 5.56 Å². The molecule has 0 fully saturated rings. The standard InChI is InChI=1S/C11H14NO2.H2O/c13-8-6-12(7-9-14)10-11-4-2-1-3-5-11;/h1-6,8,14H,7,9-10H2;1H2/q+1;/p-1.